The first-order valence-corrected chi connectivity index (χ1v) is 11.7. The van der Waals surface area contributed by atoms with E-state index in [1.54, 1.807) is 0 Å². The van der Waals surface area contributed by atoms with E-state index in [4.69, 9.17) is 0 Å². The average Bonchev–Trinajstić information content (AvgIpc) is 3.24. The first-order chi connectivity index (χ1) is 13.4. The quantitative estimate of drug-likeness (QED) is 0.306. The number of hydrogen-bond donors (Lipinski definition) is 0. The molecule has 0 radical (unpaired) electrons. The molecule has 1 aliphatic heterocycles. The Labute approximate surface area is 167 Å². The third kappa shape index (κ3) is 10.6. The smallest absolute Gasteiger partial charge is 0.222 e. The molecule has 0 aliphatic carbocycles. The fourth-order valence-corrected chi connectivity index (χ4v) is 4.14. The zero-order chi connectivity index (χ0) is 19.0. The second-order valence-electron chi connectivity index (χ2n) is 8.32. The van der Waals surface area contributed by atoms with Gasteiger partial charge in [0.25, 0.3) is 0 Å². The highest BCUT2D eigenvalue weighted by Crippen LogP contribution is 2.15. The first-order valence-electron chi connectivity index (χ1n) is 11.7. The number of carbonyl (C=O) groups is 1. The molecule has 1 amide bonds. The van der Waals surface area contributed by atoms with Crippen molar-refractivity contribution in [2.75, 3.05) is 13.1 Å². The Balaban J connectivity index is 1.27. The molecule has 0 N–H and O–H groups in total. The van der Waals surface area contributed by atoms with E-state index in [-0.39, 0.29) is 0 Å². The lowest BCUT2D eigenvalue weighted by Crippen LogP contribution is -2.27. The summed E-state index contributed by atoms with van der Waals surface area (Å²) in [5.74, 6) is 0.399. The third-order valence-corrected chi connectivity index (χ3v) is 5.91. The maximum absolute atomic E-state index is 11.9. The van der Waals surface area contributed by atoms with Crippen LogP contribution in [0.2, 0.25) is 0 Å². The van der Waals surface area contributed by atoms with Crippen molar-refractivity contribution in [3.8, 4) is 0 Å². The van der Waals surface area contributed by atoms with Crippen LogP contribution < -0.4 is 0 Å². The molecule has 2 heteroatoms. The van der Waals surface area contributed by atoms with Crippen LogP contribution in [0, 0.1) is 0 Å². The Morgan fingerprint density at radius 2 is 1.15 bits per heavy atom. The van der Waals surface area contributed by atoms with E-state index in [0.29, 0.717) is 5.91 Å². The van der Waals surface area contributed by atoms with E-state index in [1.807, 2.05) is 0 Å². The minimum atomic E-state index is 0.399. The highest BCUT2D eigenvalue weighted by atomic mass is 16.2. The normalized spacial score (nSPS) is 14.0. The molecule has 0 atom stereocenters. The molecule has 1 aliphatic rings. The Hall–Kier alpha value is -1.31. The number of rotatable bonds is 15. The summed E-state index contributed by atoms with van der Waals surface area (Å²) in [4.78, 5) is 14.0. The summed E-state index contributed by atoms with van der Waals surface area (Å²) in [6.45, 7) is 2.01. The Morgan fingerprint density at radius 3 is 1.70 bits per heavy atom. The lowest BCUT2D eigenvalue weighted by atomic mass is 10.0. The molecule has 2 rings (SSSR count). The second kappa shape index (κ2) is 14.7. The van der Waals surface area contributed by atoms with Crippen molar-refractivity contribution in [3.63, 3.8) is 0 Å². The maximum atomic E-state index is 11.9. The molecule has 1 aromatic rings. The van der Waals surface area contributed by atoms with Gasteiger partial charge in [-0.2, -0.15) is 0 Å². The van der Waals surface area contributed by atoms with Crippen molar-refractivity contribution in [2.45, 2.75) is 103 Å². The topological polar surface area (TPSA) is 20.3 Å². The van der Waals surface area contributed by atoms with Gasteiger partial charge in [-0.1, -0.05) is 94.5 Å². The van der Waals surface area contributed by atoms with Crippen molar-refractivity contribution in [3.05, 3.63) is 35.9 Å². The number of hydrogen-bond acceptors (Lipinski definition) is 1. The van der Waals surface area contributed by atoms with Gasteiger partial charge in [-0.3, -0.25) is 4.79 Å². The Bertz CT molecular complexity index is 478. The molecule has 0 bridgehead atoms. The molecule has 1 saturated heterocycles. The lowest BCUT2D eigenvalue weighted by molar-refractivity contribution is -0.130. The monoisotopic (exact) mass is 371 g/mol. The number of aryl methyl sites for hydroxylation is 1. The SMILES string of the molecule is O=C(CCCCCCCCCCCCCCc1ccccc1)N1CCCC1. The van der Waals surface area contributed by atoms with E-state index >= 15 is 0 Å². The van der Waals surface area contributed by atoms with Crippen LogP contribution in [0.4, 0.5) is 0 Å². The number of amides is 1. The van der Waals surface area contributed by atoms with Gasteiger partial charge in [0.1, 0.15) is 0 Å². The van der Waals surface area contributed by atoms with Gasteiger partial charge in [0.2, 0.25) is 5.91 Å². The van der Waals surface area contributed by atoms with E-state index < -0.39 is 0 Å². The van der Waals surface area contributed by atoms with Crippen LogP contribution in [0.25, 0.3) is 0 Å². The summed E-state index contributed by atoms with van der Waals surface area (Å²) < 4.78 is 0. The van der Waals surface area contributed by atoms with Gasteiger partial charge in [0.05, 0.1) is 0 Å². The second-order valence-corrected chi connectivity index (χ2v) is 8.32. The summed E-state index contributed by atoms with van der Waals surface area (Å²) in [6, 6.07) is 10.9. The van der Waals surface area contributed by atoms with Gasteiger partial charge in [-0.05, 0) is 37.7 Å². The number of nitrogens with zero attached hydrogens (tertiary/aromatic N) is 1. The van der Waals surface area contributed by atoms with Crippen LogP contribution in [0.1, 0.15) is 102 Å². The van der Waals surface area contributed by atoms with Gasteiger partial charge in [0.15, 0.2) is 0 Å². The van der Waals surface area contributed by atoms with Crippen LogP contribution in [0.15, 0.2) is 30.3 Å². The lowest BCUT2D eigenvalue weighted by Gasteiger charge is -2.14. The Kier molecular flexibility index (Phi) is 12.0. The van der Waals surface area contributed by atoms with Crippen LogP contribution in [0.3, 0.4) is 0 Å². The van der Waals surface area contributed by atoms with Gasteiger partial charge in [-0.15, -0.1) is 0 Å². The summed E-state index contributed by atoms with van der Waals surface area (Å²) in [6.07, 6.45) is 20.6. The number of likely N-dealkylation sites (tertiary alicyclic amines) is 1. The van der Waals surface area contributed by atoms with E-state index in [0.717, 1.165) is 25.9 Å². The number of carbonyl (C=O) groups excluding carboxylic acids is 1. The molecular weight excluding hydrogens is 330 g/mol. The zero-order valence-corrected chi connectivity index (χ0v) is 17.5. The molecule has 0 unspecified atom stereocenters. The highest BCUT2D eigenvalue weighted by molar-refractivity contribution is 5.76. The summed E-state index contributed by atoms with van der Waals surface area (Å²) in [5, 5.41) is 0. The van der Waals surface area contributed by atoms with Crippen LogP contribution in [-0.4, -0.2) is 23.9 Å². The largest absolute Gasteiger partial charge is 0.343 e. The Morgan fingerprint density at radius 1 is 0.667 bits per heavy atom. The molecule has 27 heavy (non-hydrogen) atoms. The van der Waals surface area contributed by atoms with Crippen molar-refractivity contribution in [2.24, 2.45) is 0 Å². The van der Waals surface area contributed by atoms with Gasteiger partial charge < -0.3 is 4.90 Å². The number of unbranched alkanes of at least 4 members (excludes halogenated alkanes) is 11. The van der Waals surface area contributed by atoms with Crippen molar-refractivity contribution in [1.82, 2.24) is 4.90 Å². The van der Waals surface area contributed by atoms with Crippen molar-refractivity contribution in [1.29, 1.82) is 0 Å². The molecule has 1 heterocycles. The number of benzene rings is 1. The molecule has 1 fully saturated rings. The summed E-state index contributed by atoms with van der Waals surface area (Å²) in [7, 11) is 0. The minimum Gasteiger partial charge on any atom is -0.343 e. The minimum absolute atomic E-state index is 0.399. The predicted octanol–water partition coefficient (Wildman–Crippen LogP) is 6.92. The fraction of sp³-hybridized carbons (Fsp3) is 0.720. The fourth-order valence-electron chi connectivity index (χ4n) is 4.14. The highest BCUT2D eigenvalue weighted by Gasteiger charge is 2.16. The van der Waals surface area contributed by atoms with Crippen LogP contribution in [0.5, 0.6) is 0 Å². The molecule has 152 valence electrons. The average molecular weight is 372 g/mol. The van der Waals surface area contributed by atoms with Gasteiger partial charge >= 0.3 is 0 Å². The molecular formula is C25H41NO. The van der Waals surface area contributed by atoms with Gasteiger partial charge in [-0.25, -0.2) is 0 Å². The molecule has 0 saturated carbocycles. The maximum Gasteiger partial charge on any atom is 0.222 e. The molecule has 2 nitrogen and oxygen atoms in total. The van der Waals surface area contributed by atoms with Gasteiger partial charge in [0, 0.05) is 19.5 Å². The predicted molar refractivity (Wildman–Crippen MR) is 116 cm³/mol. The first kappa shape index (κ1) is 22.0. The molecule has 0 spiro atoms. The molecule has 1 aromatic carbocycles. The zero-order valence-electron chi connectivity index (χ0n) is 17.5. The summed E-state index contributed by atoms with van der Waals surface area (Å²) >= 11 is 0. The van der Waals surface area contributed by atoms with Crippen LogP contribution >= 0.6 is 0 Å². The van der Waals surface area contributed by atoms with E-state index in [2.05, 4.69) is 35.2 Å². The van der Waals surface area contributed by atoms with Crippen molar-refractivity contribution >= 4 is 5.91 Å². The standard InChI is InChI=1S/C25H41NO/c27-25(26-22-16-17-23-26)21-15-10-8-6-4-2-1-3-5-7-9-12-18-24-19-13-11-14-20-24/h11,13-14,19-20H,1-10,12,15-18,21-23H2. The third-order valence-electron chi connectivity index (χ3n) is 5.91. The van der Waals surface area contributed by atoms with E-state index in [1.165, 1.54) is 95.5 Å². The van der Waals surface area contributed by atoms with Crippen LogP contribution in [-0.2, 0) is 11.2 Å². The van der Waals surface area contributed by atoms with E-state index in [9.17, 15) is 4.79 Å². The van der Waals surface area contributed by atoms with Crippen molar-refractivity contribution < 1.29 is 4.79 Å². The molecule has 0 aromatic heterocycles. The summed E-state index contributed by atoms with van der Waals surface area (Å²) in [5.41, 5.74) is 1.48.